The maximum absolute atomic E-state index is 12.3. The number of nitrogens with one attached hydrogen (secondary N) is 1. The fourth-order valence-electron chi connectivity index (χ4n) is 2.19. The zero-order valence-electron chi connectivity index (χ0n) is 11.5. The molecule has 0 saturated heterocycles. The molecule has 3 rings (SSSR count). The first-order valence-electron chi connectivity index (χ1n) is 6.62. The Kier molecular flexibility index (Phi) is 3.57. The molecule has 0 atom stereocenters. The molecule has 6 heteroatoms. The average molecular weight is 296 g/mol. The van der Waals surface area contributed by atoms with Gasteiger partial charge in [0.2, 0.25) is 0 Å². The average Bonchev–Trinajstić information content (AvgIpc) is 2.54. The summed E-state index contributed by atoms with van der Waals surface area (Å²) in [6, 6.07) is 13.4. The highest BCUT2D eigenvalue weighted by Gasteiger charge is 2.20. The molecule has 0 radical (unpaired) electrons. The van der Waals surface area contributed by atoms with Gasteiger partial charge in [-0.2, -0.15) is 0 Å². The number of amides is 1. The van der Waals surface area contributed by atoms with Crippen LogP contribution in [0.4, 0.5) is 11.4 Å². The van der Waals surface area contributed by atoms with E-state index in [0.717, 1.165) is 5.56 Å². The molecule has 0 spiro atoms. The summed E-state index contributed by atoms with van der Waals surface area (Å²) in [4.78, 5) is 22.7. The molecule has 1 aliphatic heterocycles. The van der Waals surface area contributed by atoms with E-state index in [1.165, 1.54) is 12.1 Å². The van der Waals surface area contributed by atoms with Crippen molar-refractivity contribution in [2.75, 3.05) is 11.9 Å². The second kappa shape index (κ2) is 5.69. The van der Waals surface area contributed by atoms with Gasteiger partial charge in [0.25, 0.3) is 11.6 Å². The van der Waals surface area contributed by atoms with Gasteiger partial charge in [-0.1, -0.05) is 30.3 Å². The molecule has 2 aromatic carbocycles. The number of nitro benzene ring substituents is 1. The summed E-state index contributed by atoms with van der Waals surface area (Å²) in [6.45, 7) is 0.128. The van der Waals surface area contributed by atoms with Gasteiger partial charge >= 0.3 is 0 Å². The summed E-state index contributed by atoms with van der Waals surface area (Å²) in [6.07, 6.45) is 1.73. The van der Waals surface area contributed by atoms with Crippen molar-refractivity contribution in [3.05, 3.63) is 69.8 Å². The van der Waals surface area contributed by atoms with Gasteiger partial charge < -0.3 is 10.1 Å². The van der Waals surface area contributed by atoms with Crippen molar-refractivity contribution >= 4 is 23.4 Å². The number of ether oxygens (including phenoxy) is 1. The van der Waals surface area contributed by atoms with Crippen molar-refractivity contribution in [2.24, 2.45) is 0 Å². The van der Waals surface area contributed by atoms with Gasteiger partial charge in [0.15, 0.2) is 0 Å². The topological polar surface area (TPSA) is 81.5 Å². The molecule has 1 amide bonds. The van der Waals surface area contributed by atoms with E-state index in [1.54, 1.807) is 18.2 Å². The number of fused-ring (bicyclic) bond motifs is 1. The van der Waals surface area contributed by atoms with Crippen LogP contribution >= 0.6 is 0 Å². The number of rotatable bonds is 3. The first-order valence-corrected chi connectivity index (χ1v) is 6.62. The lowest BCUT2D eigenvalue weighted by Crippen LogP contribution is -2.21. The predicted molar refractivity (Wildman–Crippen MR) is 81.6 cm³/mol. The number of nitrogens with zero attached hydrogens (tertiary/aromatic N) is 1. The highest BCUT2D eigenvalue weighted by molar-refractivity contribution is 6.08. The van der Waals surface area contributed by atoms with Crippen molar-refractivity contribution in [1.82, 2.24) is 0 Å². The minimum absolute atomic E-state index is 0.128. The van der Waals surface area contributed by atoms with Crippen LogP contribution in [0.3, 0.4) is 0 Å². The third kappa shape index (κ3) is 2.67. The SMILES string of the molecule is O=C(Nc1ccccc1[N+](=O)[O-])C1=Cc2ccccc2OC1. The molecular weight excluding hydrogens is 284 g/mol. The Balaban J connectivity index is 1.85. The zero-order chi connectivity index (χ0) is 15.5. The second-order valence-corrected chi connectivity index (χ2v) is 4.72. The number of hydrogen-bond donors (Lipinski definition) is 1. The van der Waals surface area contributed by atoms with Crippen LogP contribution in [0.1, 0.15) is 5.56 Å². The van der Waals surface area contributed by atoms with Crippen LogP contribution in [0.15, 0.2) is 54.1 Å². The monoisotopic (exact) mass is 296 g/mol. The maximum Gasteiger partial charge on any atom is 0.292 e. The number of anilines is 1. The summed E-state index contributed by atoms with van der Waals surface area (Å²) < 4.78 is 5.51. The third-order valence-electron chi connectivity index (χ3n) is 3.27. The van der Waals surface area contributed by atoms with E-state index in [2.05, 4.69) is 5.32 Å². The zero-order valence-corrected chi connectivity index (χ0v) is 11.5. The summed E-state index contributed by atoms with van der Waals surface area (Å²) >= 11 is 0. The van der Waals surface area contributed by atoms with Gasteiger partial charge in [0.1, 0.15) is 18.0 Å². The number of nitro groups is 1. The number of benzene rings is 2. The minimum Gasteiger partial charge on any atom is -0.488 e. The van der Waals surface area contributed by atoms with Crippen LogP contribution in [0.5, 0.6) is 5.75 Å². The Morgan fingerprint density at radius 2 is 1.86 bits per heavy atom. The van der Waals surface area contributed by atoms with Crippen LogP contribution in [-0.4, -0.2) is 17.4 Å². The molecule has 1 heterocycles. The Hall–Kier alpha value is -3.15. The Morgan fingerprint density at radius 3 is 2.68 bits per heavy atom. The summed E-state index contributed by atoms with van der Waals surface area (Å²) in [5.74, 6) is 0.300. The second-order valence-electron chi connectivity index (χ2n) is 4.72. The molecule has 0 fully saturated rings. The quantitative estimate of drug-likeness (QED) is 0.697. The predicted octanol–water partition coefficient (Wildman–Crippen LogP) is 3.01. The van der Waals surface area contributed by atoms with Crippen molar-refractivity contribution in [1.29, 1.82) is 0 Å². The van der Waals surface area contributed by atoms with Gasteiger partial charge in [-0.25, -0.2) is 0 Å². The molecule has 0 unspecified atom stereocenters. The van der Waals surface area contributed by atoms with E-state index < -0.39 is 10.8 Å². The lowest BCUT2D eigenvalue weighted by Gasteiger charge is -2.17. The van der Waals surface area contributed by atoms with Crippen LogP contribution in [0, 0.1) is 10.1 Å². The maximum atomic E-state index is 12.3. The molecule has 0 aliphatic carbocycles. The lowest BCUT2D eigenvalue weighted by molar-refractivity contribution is -0.383. The van der Waals surface area contributed by atoms with Gasteiger partial charge in [-0.15, -0.1) is 0 Å². The third-order valence-corrected chi connectivity index (χ3v) is 3.27. The Morgan fingerprint density at radius 1 is 1.14 bits per heavy atom. The lowest BCUT2D eigenvalue weighted by atomic mass is 10.1. The standard InChI is InChI=1S/C16H12N2O4/c19-16(17-13-6-2-3-7-14(13)18(20)21)12-9-11-5-1-4-8-15(11)22-10-12/h1-9H,10H2,(H,17,19). The molecule has 2 aromatic rings. The van der Waals surface area contributed by atoms with Crippen LogP contribution in [-0.2, 0) is 4.79 Å². The van der Waals surface area contributed by atoms with Crippen molar-refractivity contribution < 1.29 is 14.5 Å². The van der Waals surface area contributed by atoms with Crippen LogP contribution in [0.25, 0.3) is 6.08 Å². The summed E-state index contributed by atoms with van der Waals surface area (Å²) in [5, 5.41) is 13.5. The summed E-state index contributed by atoms with van der Waals surface area (Å²) in [7, 11) is 0. The molecule has 0 bridgehead atoms. The summed E-state index contributed by atoms with van der Waals surface area (Å²) in [5.41, 5.74) is 1.24. The molecule has 1 N–H and O–H groups in total. The van der Waals surface area contributed by atoms with Crippen molar-refractivity contribution in [2.45, 2.75) is 0 Å². The Bertz CT molecular complexity index is 783. The van der Waals surface area contributed by atoms with Crippen LogP contribution in [0.2, 0.25) is 0 Å². The highest BCUT2D eigenvalue weighted by Crippen LogP contribution is 2.28. The van der Waals surface area contributed by atoms with E-state index in [-0.39, 0.29) is 18.0 Å². The minimum atomic E-state index is -0.531. The van der Waals surface area contributed by atoms with E-state index >= 15 is 0 Å². The molecule has 0 aromatic heterocycles. The first-order chi connectivity index (χ1) is 10.6. The number of carbonyl (C=O) groups is 1. The van der Waals surface area contributed by atoms with Gasteiger partial charge in [-0.3, -0.25) is 14.9 Å². The van der Waals surface area contributed by atoms with Crippen molar-refractivity contribution in [3.63, 3.8) is 0 Å². The van der Waals surface area contributed by atoms with E-state index in [4.69, 9.17) is 4.74 Å². The number of carbonyl (C=O) groups excluding carboxylic acids is 1. The fourth-order valence-corrected chi connectivity index (χ4v) is 2.19. The molecule has 1 aliphatic rings. The van der Waals surface area contributed by atoms with E-state index in [9.17, 15) is 14.9 Å². The van der Waals surface area contributed by atoms with Crippen molar-refractivity contribution in [3.8, 4) is 5.75 Å². The molecule has 110 valence electrons. The van der Waals surface area contributed by atoms with Gasteiger partial charge in [-0.05, 0) is 18.2 Å². The van der Waals surface area contributed by atoms with Crippen LogP contribution < -0.4 is 10.1 Å². The fraction of sp³-hybridized carbons (Fsp3) is 0.0625. The number of hydrogen-bond acceptors (Lipinski definition) is 4. The van der Waals surface area contributed by atoms with E-state index in [0.29, 0.717) is 11.3 Å². The van der Waals surface area contributed by atoms with Gasteiger partial charge in [0.05, 0.1) is 10.5 Å². The van der Waals surface area contributed by atoms with Gasteiger partial charge in [0, 0.05) is 11.6 Å². The molecule has 0 saturated carbocycles. The first kappa shape index (κ1) is 13.8. The van der Waals surface area contributed by atoms with E-state index in [1.807, 2.05) is 24.3 Å². The molecule has 6 nitrogen and oxygen atoms in total. The Labute approximate surface area is 126 Å². The number of para-hydroxylation sites is 3. The molecular formula is C16H12N2O4. The molecule has 22 heavy (non-hydrogen) atoms. The largest absolute Gasteiger partial charge is 0.488 e. The smallest absolute Gasteiger partial charge is 0.292 e. The highest BCUT2D eigenvalue weighted by atomic mass is 16.6. The normalized spacial score (nSPS) is 12.6.